The van der Waals surface area contributed by atoms with Crippen molar-refractivity contribution in [3.8, 4) is 0 Å². The zero-order valence-electron chi connectivity index (χ0n) is 11.0. The molecule has 0 aromatic heterocycles. The molecule has 1 aromatic rings. The van der Waals surface area contributed by atoms with Crippen LogP contribution >= 0.6 is 0 Å². The van der Waals surface area contributed by atoms with Gasteiger partial charge in [0.15, 0.2) is 0 Å². The highest BCUT2D eigenvalue weighted by atomic mass is 19.4. The number of nitrogens with two attached hydrogens (primary N) is 1. The minimum Gasteiger partial charge on any atom is -0.329 e. The van der Waals surface area contributed by atoms with Crippen molar-refractivity contribution in [3.63, 3.8) is 0 Å². The molecule has 1 aliphatic heterocycles. The van der Waals surface area contributed by atoms with Crippen molar-refractivity contribution in [3.05, 3.63) is 35.6 Å². The molecule has 0 bridgehead atoms. The second kappa shape index (κ2) is 6.10. The van der Waals surface area contributed by atoms with Gasteiger partial charge in [-0.2, -0.15) is 13.2 Å². The van der Waals surface area contributed by atoms with Crippen LogP contribution in [0.2, 0.25) is 0 Å². The summed E-state index contributed by atoms with van der Waals surface area (Å²) in [6.07, 6.45) is -4.04. The highest BCUT2D eigenvalue weighted by molar-refractivity contribution is 5.21. The lowest BCUT2D eigenvalue weighted by atomic mass is 9.93. The van der Waals surface area contributed by atoms with Crippen LogP contribution in [0.25, 0.3) is 0 Å². The molecule has 1 atom stereocenters. The number of benzene rings is 1. The molecule has 20 heavy (non-hydrogen) atoms. The van der Waals surface area contributed by atoms with E-state index in [9.17, 15) is 17.6 Å². The molecule has 1 saturated heterocycles. The first-order chi connectivity index (χ1) is 9.43. The fraction of sp³-hybridized carbons (Fsp3) is 0.571. The molecule has 0 spiro atoms. The molecule has 2 rings (SSSR count). The zero-order valence-corrected chi connectivity index (χ0v) is 11.0. The number of rotatable bonds is 3. The predicted octanol–water partition coefficient (Wildman–Crippen LogP) is 3.10. The van der Waals surface area contributed by atoms with Crippen LogP contribution in [0.4, 0.5) is 17.6 Å². The van der Waals surface area contributed by atoms with Crippen LogP contribution in [0, 0.1) is 11.7 Å². The summed E-state index contributed by atoms with van der Waals surface area (Å²) in [7, 11) is 0. The van der Waals surface area contributed by atoms with Crippen molar-refractivity contribution in [1.82, 2.24) is 4.90 Å². The molecular formula is C14H18F4N2. The fourth-order valence-electron chi connectivity index (χ4n) is 2.76. The van der Waals surface area contributed by atoms with Gasteiger partial charge in [0.2, 0.25) is 0 Å². The normalized spacial score (nSPS) is 20.1. The summed E-state index contributed by atoms with van der Waals surface area (Å²) in [6, 6.07) is 5.93. The Bertz CT molecular complexity index is 439. The van der Waals surface area contributed by atoms with Gasteiger partial charge >= 0.3 is 6.18 Å². The molecule has 6 heteroatoms. The number of hydrogen-bond donors (Lipinski definition) is 1. The van der Waals surface area contributed by atoms with Gasteiger partial charge in [-0.15, -0.1) is 0 Å². The summed E-state index contributed by atoms with van der Waals surface area (Å²) >= 11 is 0. The average molecular weight is 290 g/mol. The van der Waals surface area contributed by atoms with Gasteiger partial charge in [0.05, 0.1) is 5.92 Å². The van der Waals surface area contributed by atoms with Gasteiger partial charge in [0, 0.05) is 18.2 Å². The maximum atomic E-state index is 13.8. The Morgan fingerprint density at radius 2 is 1.80 bits per heavy atom. The van der Waals surface area contributed by atoms with Crippen LogP contribution in [0.5, 0.6) is 0 Å². The SMILES string of the molecule is NCC(c1ccccc1F)N1CCC(C(F)(F)F)CC1. The Labute approximate surface area is 115 Å². The summed E-state index contributed by atoms with van der Waals surface area (Å²) in [5.41, 5.74) is 6.15. The smallest absolute Gasteiger partial charge is 0.329 e. The van der Waals surface area contributed by atoms with Crippen molar-refractivity contribution in [2.45, 2.75) is 25.1 Å². The quantitative estimate of drug-likeness (QED) is 0.867. The molecule has 1 unspecified atom stereocenters. The molecule has 1 aliphatic rings. The van der Waals surface area contributed by atoms with Crippen LogP contribution in [-0.4, -0.2) is 30.7 Å². The first-order valence-corrected chi connectivity index (χ1v) is 6.68. The Hall–Kier alpha value is -1.14. The first kappa shape index (κ1) is 15.3. The third kappa shape index (κ3) is 3.30. The zero-order chi connectivity index (χ0) is 14.8. The third-order valence-corrected chi connectivity index (χ3v) is 3.92. The van der Waals surface area contributed by atoms with E-state index in [2.05, 4.69) is 0 Å². The third-order valence-electron chi connectivity index (χ3n) is 3.92. The number of alkyl halides is 3. The molecule has 1 aromatic carbocycles. The maximum Gasteiger partial charge on any atom is 0.391 e. The monoisotopic (exact) mass is 290 g/mol. The molecule has 112 valence electrons. The van der Waals surface area contributed by atoms with E-state index < -0.39 is 12.1 Å². The molecular weight excluding hydrogens is 272 g/mol. The largest absolute Gasteiger partial charge is 0.391 e. The molecule has 0 amide bonds. The Morgan fingerprint density at radius 1 is 1.20 bits per heavy atom. The van der Waals surface area contributed by atoms with E-state index in [0.29, 0.717) is 18.7 Å². The fourth-order valence-corrected chi connectivity index (χ4v) is 2.76. The van der Waals surface area contributed by atoms with Crippen LogP contribution in [0.1, 0.15) is 24.4 Å². The van der Waals surface area contributed by atoms with Gasteiger partial charge in [-0.05, 0) is 32.0 Å². The number of nitrogens with zero attached hydrogens (tertiary/aromatic N) is 1. The second-order valence-corrected chi connectivity index (χ2v) is 5.12. The highest BCUT2D eigenvalue weighted by Crippen LogP contribution is 2.36. The standard InChI is InChI=1S/C14H18F4N2/c15-12-4-2-1-3-11(12)13(9-19)20-7-5-10(6-8-20)14(16,17)18/h1-4,10,13H,5-9,19H2. The van der Waals surface area contributed by atoms with Gasteiger partial charge < -0.3 is 5.73 Å². The molecule has 1 heterocycles. The first-order valence-electron chi connectivity index (χ1n) is 6.68. The van der Waals surface area contributed by atoms with Crippen molar-refractivity contribution in [2.24, 2.45) is 11.7 Å². The van der Waals surface area contributed by atoms with E-state index in [1.807, 2.05) is 4.90 Å². The number of halogens is 4. The molecule has 2 nitrogen and oxygen atoms in total. The van der Waals surface area contributed by atoms with Gasteiger partial charge in [0.1, 0.15) is 5.82 Å². The van der Waals surface area contributed by atoms with Crippen molar-refractivity contribution in [2.75, 3.05) is 19.6 Å². The van der Waals surface area contributed by atoms with Gasteiger partial charge in [0.25, 0.3) is 0 Å². The maximum absolute atomic E-state index is 13.8. The summed E-state index contributed by atoms with van der Waals surface area (Å²) in [4.78, 5) is 1.85. The van der Waals surface area contributed by atoms with Gasteiger partial charge in [-0.3, -0.25) is 4.90 Å². The van der Waals surface area contributed by atoms with Gasteiger partial charge in [-0.25, -0.2) is 4.39 Å². The molecule has 2 N–H and O–H groups in total. The van der Waals surface area contributed by atoms with Crippen LogP contribution in [0.3, 0.4) is 0 Å². The highest BCUT2D eigenvalue weighted by Gasteiger charge is 2.42. The lowest BCUT2D eigenvalue weighted by molar-refractivity contribution is -0.186. The van der Waals surface area contributed by atoms with Gasteiger partial charge in [-0.1, -0.05) is 18.2 Å². The lowest BCUT2D eigenvalue weighted by Gasteiger charge is -2.37. The van der Waals surface area contributed by atoms with Crippen molar-refractivity contribution < 1.29 is 17.6 Å². The van der Waals surface area contributed by atoms with E-state index in [0.717, 1.165) is 0 Å². The predicted molar refractivity (Wildman–Crippen MR) is 68.5 cm³/mol. The average Bonchev–Trinajstić information content (AvgIpc) is 2.41. The van der Waals surface area contributed by atoms with E-state index in [-0.39, 0.29) is 31.2 Å². The molecule has 1 fully saturated rings. The van der Waals surface area contributed by atoms with E-state index in [4.69, 9.17) is 5.73 Å². The Balaban J connectivity index is 2.06. The van der Waals surface area contributed by atoms with E-state index in [1.54, 1.807) is 18.2 Å². The minimum atomic E-state index is -4.14. The second-order valence-electron chi connectivity index (χ2n) is 5.12. The summed E-state index contributed by atoms with van der Waals surface area (Å²) in [6.45, 7) is 0.776. The topological polar surface area (TPSA) is 29.3 Å². The number of hydrogen-bond acceptors (Lipinski definition) is 2. The minimum absolute atomic E-state index is 0.0501. The van der Waals surface area contributed by atoms with Crippen molar-refractivity contribution in [1.29, 1.82) is 0 Å². The van der Waals surface area contributed by atoms with Crippen LogP contribution < -0.4 is 5.73 Å². The molecule has 0 saturated carbocycles. The summed E-state index contributed by atoms with van der Waals surface area (Å²) in [5.74, 6) is -1.61. The van der Waals surface area contributed by atoms with Crippen LogP contribution in [-0.2, 0) is 0 Å². The molecule has 0 aliphatic carbocycles. The summed E-state index contributed by atoms with van der Waals surface area (Å²) in [5, 5.41) is 0. The van der Waals surface area contributed by atoms with E-state index in [1.165, 1.54) is 6.07 Å². The van der Waals surface area contributed by atoms with Crippen molar-refractivity contribution >= 4 is 0 Å². The summed E-state index contributed by atoms with van der Waals surface area (Å²) < 4.78 is 51.7. The Morgan fingerprint density at radius 3 is 2.30 bits per heavy atom. The molecule has 0 radical (unpaired) electrons. The lowest BCUT2D eigenvalue weighted by Crippen LogP contribution is -2.43. The Kier molecular flexibility index (Phi) is 4.65. The number of piperidine rings is 1. The number of likely N-dealkylation sites (tertiary alicyclic amines) is 1. The van der Waals surface area contributed by atoms with E-state index >= 15 is 0 Å². The van der Waals surface area contributed by atoms with Crippen LogP contribution in [0.15, 0.2) is 24.3 Å².